The monoisotopic (exact) mass is 280 g/mol. The smallest absolute Gasteiger partial charge is 0.333 e. The van der Waals surface area contributed by atoms with Gasteiger partial charge in [-0.25, -0.2) is 4.79 Å². The summed E-state index contributed by atoms with van der Waals surface area (Å²) in [4.78, 5) is 12.1. The highest BCUT2D eigenvalue weighted by Gasteiger charge is 2.55. The summed E-state index contributed by atoms with van der Waals surface area (Å²) in [5, 5.41) is 0. The number of carbonyl (C=O) groups is 1. The fourth-order valence-electron chi connectivity index (χ4n) is 3.35. The highest BCUT2D eigenvalue weighted by molar-refractivity contribution is 5.87. The molecule has 2 unspecified atom stereocenters. The molecule has 0 spiro atoms. The van der Waals surface area contributed by atoms with E-state index < -0.39 is 5.60 Å². The predicted molar refractivity (Wildman–Crippen MR) is 84.5 cm³/mol. The Labute approximate surface area is 125 Å². The molecule has 116 valence electrons. The fraction of sp³-hybridized carbons (Fsp3) is 0.833. The van der Waals surface area contributed by atoms with Gasteiger partial charge in [-0.3, -0.25) is 0 Å². The van der Waals surface area contributed by atoms with Gasteiger partial charge in [-0.05, 0) is 38.0 Å². The van der Waals surface area contributed by atoms with Crippen molar-refractivity contribution in [2.45, 2.75) is 79.8 Å². The second kappa shape index (κ2) is 5.54. The molecule has 1 saturated carbocycles. The molecule has 0 aromatic heterocycles. The van der Waals surface area contributed by atoms with Crippen LogP contribution in [0.3, 0.4) is 0 Å². The zero-order chi connectivity index (χ0) is 15.8. The molecule has 0 bridgehead atoms. The molecule has 1 rings (SSSR count). The summed E-state index contributed by atoms with van der Waals surface area (Å²) in [5.41, 5.74) is 0.0545. The fourth-order valence-corrected chi connectivity index (χ4v) is 3.35. The third kappa shape index (κ3) is 2.80. The minimum absolute atomic E-state index is 0.0923. The summed E-state index contributed by atoms with van der Waals surface area (Å²) in [5.74, 6) is 0.352. The van der Waals surface area contributed by atoms with Crippen LogP contribution in [0.1, 0.15) is 74.1 Å². The van der Waals surface area contributed by atoms with Gasteiger partial charge in [0.05, 0.1) is 0 Å². The van der Waals surface area contributed by atoms with Crippen molar-refractivity contribution < 1.29 is 9.53 Å². The van der Waals surface area contributed by atoms with E-state index in [2.05, 4.69) is 48.1 Å². The molecule has 1 aliphatic rings. The van der Waals surface area contributed by atoms with Crippen LogP contribution in [-0.4, -0.2) is 11.6 Å². The quantitative estimate of drug-likeness (QED) is 0.518. The lowest BCUT2D eigenvalue weighted by Gasteiger charge is -2.56. The molecular weight excluding hydrogens is 248 g/mol. The first-order chi connectivity index (χ1) is 8.96. The van der Waals surface area contributed by atoms with Crippen LogP contribution in [0.2, 0.25) is 0 Å². The van der Waals surface area contributed by atoms with E-state index in [1.165, 1.54) is 12.8 Å². The highest BCUT2D eigenvalue weighted by Crippen LogP contribution is 2.56. The third-order valence-electron chi connectivity index (χ3n) is 6.37. The van der Waals surface area contributed by atoms with Crippen molar-refractivity contribution in [2.24, 2.45) is 16.7 Å². The van der Waals surface area contributed by atoms with Gasteiger partial charge in [-0.1, -0.05) is 54.0 Å². The van der Waals surface area contributed by atoms with E-state index in [1.54, 1.807) is 6.92 Å². The Balaban J connectivity index is 3.19. The minimum Gasteiger partial charge on any atom is -0.455 e. The molecule has 0 heterocycles. The number of rotatable bonds is 2. The Bertz CT molecular complexity index is 392. The van der Waals surface area contributed by atoms with Gasteiger partial charge in [0.1, 0.15) is 5.60 Å². The summed E-state index contributed by atoms with van der Waals surface area (Å²) in [6.07, 6.45) is 4.50. The average Bonchev–Trinajstić information content (AvgIpc) is 2.32. The van der Waals surface area contributed by atoms with E-state index in [-0.39, 0.29) is 16.8 Å². The van der Waals surface area contributed by atoms with E-state index in [1.807, 2.05) is 0 Å². The van der Waals surface area contributed by atoms with Crippen LogP contribution in [0, 0.1) is 16.7 Å². The van der Waals surface area contributed by atoms with Gasteiger partial charge in [-0.2, -0.15) is 0 Å². The molecule has 0 amide bonds. The summed E-state index contributed by atoms with van der Waals surface area (Å²) >= 11 is 0. The van der Waals surface area contributed by atoms with E-state index in [9.17, 15) is 4.79 Å². The molecule has 0 aromatic rings. The SMILES string of the molecule is C=C(C)C(=O)OC1(C)CCCCC(C)C(C)(C)C1(C)C. The van der Waals surface area contributed by atoms with Crippen LogP contribution in [0.15, 0.2) is 12.2 Å². The van der Waals surface area contributed by atoms with Crippen molar-refractivity contribution in [3.8, 4) is 0 Å². The summed E-state index contributed by atoms with van der Waals surface area (Å²) in [6, 6.07) is 0. The Morgan fingerprint density at radius 1 is 1.15 bits per heavy atom. The van der Waals surface area contributed by atoms with Crippen molar-refractivity contribution in [3.05, 3.63) is 12.2 Å². The van der Waals surface area contributed by atoms with E-state index in [4.69, 9.17) is 4.74 Å². The predicted octanol–water partition coefficient (Wildman–Crippen LogP) is 5.13. The van der Waals surface area contributed by atoms with Gasteiger partial charge in [-0.15, -0.1) is 0 Å². The molecule has 0 saturated heterocycles. The third-order valence-corrected chi connectivity index (χ3v) is 6.37. The van der Waals surface area contributed by atoms with Gasteiger partial charge >= 0.3 is 5.97 Å². The molecule has 0 aromatic carbocycles. The lowest BCUT2D eigenvalue weighted by Crippen LogP contribution is -2.56. The van der Waals surface area contributed by atoms with Crippen LogP contribution in [0.5, 0.6) is 0 Å². The number of esters is 1. The van der Waals surface area contributed by atoms with Crippen molar-refractivity contribution in [3.63, 3.8) is 0 Å². The molecule has 2 heteroatoms. The first kappa shape index (κ1) is 17.3. The number of ether oxygens (including phenoxy) is 1. The number of carbonyl (C=O) groups excluding carboxylic acids is 1. The Kier molecular flexibility index (Phi) is 4.78. The normalized spacial score (nSPS) is 32.9. The standard InChI is InChI=1S/C18H32O2/c1-13(2)15(19)20-18(8)12-10-9-11-14(3)16(4,5)17(18,6)7/h14H,1,9-12H2,2-8H3. The molecule has 2 nitrogen and oxygen atoms in total. The Morgan fingerprint density at radius 3 is 2.20 bits per heavy atom. The molecule has 1 fully saturated rings. The summed E-state index contributed by atoms with van der Waals surface area (Å²) in [6.45, 7) is 19.0. The molecule has 0 radical (unpaired) electrons. The van der Waals surface area contributed by atoms with Gasteiger partial charge in [0.2, 0.25) is 0 Å². The van der Waals surface area contributed by atoms with Crippen LogP contribution >= 0.6 is 0 Å². The molecule has 0 N–H and O–H groups in total. The summed E-state index contributed by atoms with van der Waals surface area (Å²) in [7, 11) is 0. The maximum absolute atomic E-state index is 12.1. The zero-order valence-electron chi connectivity index (χ0n) is 14.4. The Hall–Kier alpha value is -0.790. The van der Waals surface area contributed by atoms with Gasteiger partial charge in [0.15, 0.2) is 0 Å². The molecule has 2 atom stereocenters. The first-order valence-corrected chi connectivity index (χ1v) is 7.84. The topological polar surface area (TPSA) is 26.3 Å². The molecule has 20 heavy (non-hydrogen) atoms. The van der Waals surface area contributed by atoms with Crippen molar-refractivity contribution >= 4 is 5.97 Å². The zero-order valence-corrected chi connectivity index (χ0v) is 14.4. The van der Waals surface area contributed by atoms with Crippen molar-refractivity contribution in [1.29, 1.82) is 0 Å². The maximum atomic E-state index is 12.1. The second-order valence-electron chi connectivity index (χ2n) is 7.89. The van der Waals surface area contributed by atoms with Crippen LogP contribution < -0.4 is 0 Å². The second-order valence-corrected chi connectivity index (χ2v) is 7.89. The molecule has 1 aliphatic carbocycles. The van der Waals surface area contributed by atoms with E-state index in [0.29, 0.717) is 11.5 Å². The average molecular weight is 280 g/mol. The van der Waals surface area contributed by atoms with Gasteiger partial charge < -0.3 is 4.74 Å². The molecular formula is C18H32O2. The lowest BCUT2D eigenvalue weighted by atomic mass is 9.52. The van der Waals surface area contributed by atoms with Gasteiger partial charge in [0.25, 0.3) is 0 Å². The van der Waals surface area contributed by atoms with Crippen LogP contribution in [-0.2, 0) is 9.53 Å². The van der Waals surface area contributed by atoms with Crippen LogP contribution in [0.4, 0.5) is 0 Å². The molecule has 0 aliphatic heterocycles. The first-order valence-electron chi connectivity index (χ1n) is 7.84. The largest absolute Gasteiger partial charge is 0.455 e. The van der Waals surface area contributed by atoms with Crippen molar-refractivity contribution in [2.75, 3.05) is 0 Å². The lowest BCUT2D eigenvalue weighted by molar-refractivity contribution is -0.190. The minimum atomic E-state index is -0.443. The van der Waals surface area contributed by atoms with Crippen LogP contribution in [0.25, 0.3) is 0 Å². The van der Waals surface area contributed by atoms with Crippen molar-refractivity contribution in [1.82, 2.24) is 0 Å². The maximum Gasteiger partial charge on any atom is 0.333 e. The summed E-state index contributed by atoms with van der Waals surface area (Å²) < 4.78 is 5.94. The van der Waals surface area contributed by atoms with E-state index >= 15 is 0 Å². The Morgan fingerprint density at radius 2 is 1.70 bits per heavy atom. The van der Waals surface area contributed by atoms with Gasteiger partial charge in [0, 0.05) is 11.0 Å². The highest BCUT2D eigenvalue weighted by atomic mass is 16.6. The van der Waals surface area contributed by atoms with E-state index in [0.717, 1.165) is 12.8 Å². The number of hydrogen-bond acceptors (Lipinski definition) is 2. The number of hydrogen-bond donors (Lipinski definition) is 0.